The van der Waals surface area contributed by atoms with E-state index in [1.807, 2.05) is 6.92 Å². The average molecular weight is 199 g/mol. The van der Waals surface area contributed by atoms with Crippen LogP contribution in [0.25, 0.3) is 0 Å². The second-order valence-electron chi connectivity index (χ2n) is 4.10. The Hall–Kier alpha value is -1.06. The van der Waals surface area contributed by atoms with E-state index >= 15 is 0 Å². The lowest BCUT2D eigenvalue weighted by Gasteiger charge is -2.42. The smallest absolute Gasteiger partial charge is 0.331 e. The maximum Gasteiger partial charge on any atom is 0.331 e. The summed E-state index contributed by atoms with van der Waals surface area (Å²) in [4.78, 5) is 24.7. The fourth-order valence-electron chi connectivity index (χ4n) is 1.82. The van der Waals surface area contributed by atoms with Gasteiger partial charge in [0.25, 0.3) is 0 Å². The summed E-state index contributed by atoms with van der Waals surface area (Å²) in [7, 11) is 3.01. The zero-order valence-electron chi connectivity index (χ0n) is 9.16. The molecular formula is C10H17NO3. The molecule has 0 aliphatic carbocycles. The van der Waals surface area contributed by atoms with Crippen LogP contribution < -0.4 is 0 Å². The monoisotopic (exact) mass is 199 g/mol. The largest absolute Gasteiger partial charge is 0.467 e. The molecule has 0 N–H and O–H groups in total. The number of likely N-dealkylation sites (tertiary alicyclic amines) is 1. The molecule has 1 rings (SSSR count). The van der Waals surface area contributed by atoms with E-state index in [9.17, 15) is 9.59 Å². The second kappa shape index (κ2) is 3.59. The Balaban J connectivity index is 2.91. The Labute approximate surface area is 84.2 Å². The molecule has 0 radical (unpaired) electrons. The number of hydrogen-bond acceptors (Lipinski definition) is 3. The van der Waals surface area contributed by atoms with Gasteiger partial charge in [-0.3, -0.25) is 4.79 Å². The highest BCUT2D eigenvalue weighted by Crippen LogP contribution is 2.31. The summed E-state index contributed by atoms with van der Waals surface area (Å²) in [5.74, 6) is -0.304. The highest BCUT2D eigenvalue weighted by atomic mass is 16.5. The second-order valence-corrected chi connectivity index (χ2v) is 4.10. The first-order chi connectivity index (χ1) is 6.43. The lowest BCUT2D eigenvalue weighted by Crippen LogP contribution is -2.58. The van der Waals surface area contributed by atoms with Crippen LogP contribution in [0, 0.1) is 5.92 Å². The number of amides is 1. The van der Waals surface area contributed by atoms with Crippen molar-refractivity contribution in [1.29, 1.82) is 0 Å². The number of hydrogen-bond donors (Lipinski definition) is 0. The van der Waals surface area contributed by atoms with E-state index in [0.29, 0.717) is 6.42 Å². The van der Waals surface area contributed by atoms with E-state index in [1.165, 1.54) is 12.0 Å². The molecule has 0 spiro atoms. The van der Waals surface area contributed by atoms with Gasteiger partial charge in [0, 0.05) is 13.0 Å². The van der Waals surface area contributed by atoms with Gasteiger partial charge in [-0.15, -0.1) is 0 Å². The van der Waals surface area contributed by atoms with Crippen LogP contribution in [0.3, 0.4) is 0 Å². The summed E-state index contributed by atoms with van der Waals surface area (Å²) in [6.07, 6.45) is 1.41. The summed E-state index contributed by atoms with van der Waals surface area (Å²) in [5, 5.41) is 0. The summed E-state index contributed by atoms with van der Waals surface area (Å²) >= 11 is 0. The van der Waals surface area contributed by atoms with Gasteiger partial charge in [0.05, 0.1) is 7.11 Å². The first kappa shape index (κ1) is 11.0. The number of piperidine rings is 1. The summed E-state index contributed by atoms with van der Waals surface area (Å²) in [6, 6.07) is 0. The topological polar surface area (TPSA) is 46.6 Å². The maximum atomic E-state index is 11.7. The molecule has 4 heteroatoms. The predicted molar refractivity (Wildman–Crippen MR) is 51.6 cm³/mol. The van der Waals surface area contributed by atoms with Gasteiger partial charge in [-0.25, -0.2) is 4.79 Å². The van der Waals surface area contributed by atoms with Crippen molar-refractivity contribution >= 4 is 11.9 Å². The van der Waals surface area contributed by atoms with Crippen molar-refractivity contribution in [3.8, 4) is 0 Å². The third-order valence-corrected chi connectivity index (χ3v) is 3.18. The summed E-state index contributed by atoms with van der Waals surface area (Å²) in [5.41, 5.74) is -0.779. The Kier molecular flexibility index (Phi) is 2.83. The number of carbonyl (C=O) groups excluding carboxylic acids is 2. The molecule has 0 saturated carbocycles. The Morgan fingerprint density at radius 2 is 2.21 bits per heavy atom. The molecule has 1 aliphatic heterocycles. The molecule has 0 bridgehead atoms. The molecule has 0 aromatic carbocycles. The SMILES string of the molecule is COC(=O)C1(C)CCC(C)C(=O)N1C. The number of methoxy groups -OCH3 is 1. The van der Waals surface area contributed by atoms with Crippen LogP contribution in [0.15, 0.2) is 0 Å². The third-order valence-electron chi connectivity index (χ3n) is 3.18. The van der Waals surface area contributed by atoms with Gasteiger partial charge in [-0.1, -0.05) is 6.92 Å². The minimum atomic E-state index is -0.779. The van der Waals surface area contributed by atoms with Crippen molar-refractivity contribution < 1.29 is 14.3 Å². The zero-order valence-corrected chi connectivity index (χ0v) is 9.16. The quantitative estimate of drug-likeness (QED) is 0.587. The van der Waals surface area contributed by atoms with Crippen LogP contribution >= 0.6 is 0 Å². The van der Waals surface area contributed by atoms with E-state index in [-0.39, 0.29) is 17.8 Å². The summed E-state index contributed by atoms with van der Waals surface area (Å²) in [6.45, 7) is 3.64. The highest BCUT2D eigenvalue weighted by Gasteiger charge is 2.45. The fraction of sp³-hybridized carbons (Fsp3) is 0.800. The number of nitrogens with zero attached hydrogens (tertiary/aromatic N) is 1. The maximum absolute atomic E-state index is 11.7. The first-order valence-corrected chi connectivity index (χ1v) is 4.79. The van der Waals surface area contributed by atoms with Crippen LogP contribution in [0.5, 0.6) is 0 Å². The van der Waals surface area contributed by atoms with Crippen LogP contribution in [0.2, 0.25) is 0 Å². The average Bonchev–Trinajstić information content (AvgIpc) is 2.19. The number of esters is 1. The molecule has 0 aromatic heterocycles. The van der Waals surface area contributed by atoms with E-state index in [0.717, 1.165) is 6.42 Å². The molecular weight excluding hydrogens is 182 g/mol. The van der Waals surface area contributed by atoms with Gasteiger partial charge in [-0.2, -0.15) is 0 Å². The minimum absolute atomic E-state index is 0.0118. The molecule has 2 unspecified atom stereocenters. The Bertz CT molecular complexity index is 262. The van der Waals surface area contributed by atoms with E-state index in [4.69, 9.17) is 4.74 Å². The minimum Gasteiger partial charge on any atom is -0.467 e. The Morgan fingerprint density at radius 3 is 2.71 bits per heavy atom. The predicted octanol–water partition coefficient (Wildman–Crippen LogP) is 0.806. The number of carbonyl (C=O) groups is 2. The van der Waals surface area contributed by atoms with E-state index < -0.39 is 5.54 Å². The van der Waals surface area contributed by atoms with Gasteiger partial charge in [0.15, 0.2) is 0 Å². The molecule has 2 atom stereocenters. The molecule has 1 saturated heterocycles. The highest BCUT2D eigenvalue weighted by molar-refractivity contribution is 5.89. The molecule has 0 aromatic rings. The van der Waals surface area contributed by atoms with Gasteiger partial charge in [-0.05, 0) is 19.8 Å². The van der Waals surface area contributed by atoms with Crippen molar-refractivity contribution in [3.63, 3.8) is 0 Å². The molecule has 80 valence electrons. The molecule has 1 heterocycles. The van der Waals surface area contributed by atoms with Crippen LogP contribution in [0.1, 0.15) is 26.7 Å². The van der Waals surface area contributed by atoms with Crippen molar-refractivity contribution in [2.24, 2.45) is 5.92 Å². The van der Waals surface area contributed by atoms with Gasteiger partial charge >= 0.3 is 5.97 Å². The number of ether oxygens (including phenoxy) is 1. The fourth-order valence-corrected chi connectivity index (χ4v) is 1.82. The van der Waals surface area contributed by atoms with Gasteiger partial charge in [0.1, 0.15) is 5.54 Å². The molecule has 1 amide bonds. The van der Waals surface area contributed by atoms with Crippen LogP contribution in [-0.2, 0) is 14.3 Å². The number of likely N-dealkylation sites (N-methyl/N-ethyl adjacent to an activating group) is 1. The van der Waals surface area contributed by atoms with Crippen molar-refractivity contribution in [2.45, 2.75) is 32.2 Å². The molecule has 14 heavy (non-hydrogen) atoms. The van der Waals surface area contributed by atoms with Crippen molar-refractivity contribution in [3.05, 3.63) is 0 Å². The molecule has 1 fully saturated rings. The van der Waals surface area contributed by atoms with E-state index in [1.54, 1.807) is 14.0 Å². The summed E-state index contributed by atoms with van der Waals surface area (Å²) < 4.78 is 4.71. The van der Waals surface area contributed by atoms with Gasteiger partial charge < -0.3 is 9.64 Å². The first-order valence-electron chi connectivity index (χ1n) is 4.79. The van der Waals surface area contributed by atoms with Gasteiger partial charge in [0.2, 0.25) is 5.91 Å². The van der Waals surface area contributed by atoms with Crippen LogP contribution in [0.4, 0.5) is 0 Å². The van der Waals surface area contributed by atoms with Crippen LogP contribution in [-0.4, -0.2) is 36.5 Å². The lowest BCUT2D eigenvalue weighted by molar-refractivity contribution is -0.165. The Morgan fingerprint density at radius 1 is 1.64 bits per heavy atom. The molecule has 4 nitrogen and oxygen atoms in total. The van der Waals surface area contributed by atoms with Crippen molar-refractivity contribution in [2.75, 3.05) is 14.2 Å². The van der Waals surface area contributed by atoms with E-state index in [2.05, 4.69) is 0 Å². The molecule has 1 aliphatic rings. The normalized spacial score (nSPS) is 33.0. The standard InChI is InChI=1S/C10H17NO3/c1-7-5-6-10(2,9(13)14-4)11(3)8(7)12/h7H,5-6H2,1-4H3. The zero-order chi connectivity index (χ0) is 10.9. The van der Waals surface area contributed by atoms with Crippen molar-refractivity contribution in [1.82, 2.24) is 4.90 Å². The number of rotatable bonds is 1. The third kappa shape index (κ3) is 1.49. The lowest BCUT2D eigenvalue weighted by atomic mass is 9.84.